The Morgan fingerprint density at radius 2 is 1.45 bits per heavy atom. The highest BCUT2D eigenvalue weighted by atomic mass is 127. The molecule has 0 radical (unpaired) electrons. The summed E-state index contributed by atoms with van der Waals surface area (Å²) in [6.07, 6.45) is 0. The normalized spacial score (nSPS) is 10.4. The minimum atomic E-state index is -1.44. The number of benzene rings is 2. The standard InChI is InChI=1S/C17H10I3NO8/c1-28-16(24)10-12(18)9(13(19)11(14(10)20)17(25)29-2)6-3-4-7(15(22)23)8(5-6)21(26)27/h3-5H,1-2H3,(H,22,23). The van der Waals surface area contributed by atoms with E-state index in [0.29, 0.717) is 16.3 Å². The number of hydrogen-bond acceptors (Lipinski definition) is 7. The van der Waals surface area contributed by atoms with Crippen LogP contribution in [0.1, 0.15) is 31.1 Å². The number of carbonyl (C=O) groups excluding carboxylic acids is 2. The van der Waals surface area contributed by atoms with Gasteiger partial charge in [0.15, 0.2) is 0 Å². The molecule has 0 aliphatic rings. The number of hydrogen-bond donors (Lipinski definition) is 1. The first-order chi connectivity index (χ1) is 13.6. The van der Waals surface area contributed by atoms with Crippen LogP contribution in [0.2, 0.25) is 0 Å². The van der Waals surface area contributed by atoms with Crippen LogP contribution in [0.4, 0.5) is 5.69 Å². The molecule has 0 saturated carbocycles. The molecule has 9 nitrogen and oxygen atoms in total. The average molecular weight is 737 g/mol. The Morgan fingerprint density at radius 1 is 0.966 bits per heavy atom. The molecular formula is C17H10I3NO8. The van der Waals surface area contributed by atoms with Crippen LogP contribution in [0, 0.1) is 20.8 Å². The molecule has 0 fully saturated rings. The van der Waals surface area contributed by atoms with Gasteiger partial charge in [-0.1, -0.05) is 6.07 Å². The molecule has 2 aromatic carbocycles. The van der Waals surface area contributed by atoms with Crippen LogP contribution in [-0.4, -0.2) is 42.2 Å². The lowest BCUT2D eigenvalue weighted by Crippen LogP contribution is -2.16. The number of halogens is 3. The van der Waals surface area contributed by atoms with Crippen molar-refractivity contribution in [3.63, 3.8) is 0 Å². The van der Waals surface area contributed by atoms with E-state index in [4.69, 9.17) is 9.47 Å². The Hall–Kier alpha value is -1.56. The maximum Gasteiger partial charge on any atom is 0.342 e. The lowest BCUT2D eigenvalue weighted by molar-refractivity contribution is -0.385. The smallest absolute Gasteiger partial charge is 0.342 e. The molecule has 0 atom stereocenters. The topological polar surface area (TPSA) is 133 Å². The van der Waals surface area contributed by atoms with Crippen LogP contribution < -0.4 is 0 Å². The molecule has 29 heavy (non-hydrogen) atoms. The molecule has 0 unspecified atom stereocenters. The number of nitro benzene ring substituents is 1. The molecule has 2 aromatic rings. The van der Waals surface area contributed by atoms with Gasteiger partial charge in [0.05, 0.1) is 30.3 Å². The molecule has 0 amide bonds. The van der Waals surface area contributed by atoms with E-state index in [1.807, 2.05) is 67.8 Å². The van der Waals surface area contributed by atoms with Crippen molar-refractivity contribution in [3.8, 4) is 11.1 Å². The quantitative estimate of drug-likeness (QED) is 0.208. The van der Waals surface area contributed by atoms with Crippen molar-refractivity contribution in [1.82, 2.24) is 0 Å². The second-order valence-electron chi connectivity index (χ2n) is 5.34. The van der Waals surface area contributed by atoms with Gasteiger partial charge in [0.25, 0.3) is 5.69 Å². The van der Waals surface area contributed by atoms with Crippen molar-refractivity contribution in [1.29, 1.82) is 0 Å². The van der Waals surface area contributed by atoms with Crippen molar-refractivity contribution in [2.75, 3.05) is 14.2 Å². The number of aromatic carboxylic acids is 1. The lowest BCUT2D eigenvalue weighted by atomic mass is 9.97. The highest BCUT2D eigenvalue weighted by molar-refractivity contribution is 14.1. The first-order valence-corrected chi connectivity index (χ1v) is 10.7. The van der Waals surface area contributed by atoms with Gasteiger partial charge in [-0.2, -0.15) is 0 Å². The third-order valence-electron chi connectivity index (χ3n) is 3.81. The van der Waals surface area contributed by atoms with Gasteiger partial charge in [-0.15, -0.1) is 0 Å². The van der Waals surface area contributed by atoms with E-state index < -0.39 is 34.1 Å². The molecule has 0 aliphatic carbocycles. The number of methoxy groups -OCH3 is 2. The van der Waals surface area contributed by atoms with E-state index in [1.54, 1.807) is 0 Å². The Labute approximate surface area is 204 Å². The molecule has 0 spiro atoms. The summed E-state index contributed by atoms with van der Waals surface area (Å²) in [4.78, 5) is 46.6. The van der Waals surface area contributed by atoms with Crippen molar-refractivity contribution >= 4 is 91.4 Å². The second-order valence-corrected chi connectivity index (χ2v) is 8.58. The summed E-state index contributed by atoms with van der Waals surface area (Å²) in [5.41, 5.74) is -0.256. The summed E-state index contributed by atoms with van der Waals surface area (Å²) < 4.78 is 10.7. The fraction of sp³-hybridized carbons (Fsp3) is 0.118. The van der Waals surface area contributed by atoms with Crippen LogP contribution in [0.15, 0.2) is 18.2 Å². The predicted octanol–water partition coefficient (Wildman–Crippen LogP) is 4.35. The lowest BCUT2D eigenvalue weighted by Gasteiger charge is -2.17. The zero-order valence-electron chi connectivity index (χ0n) is 14.6. The van der Waals surface area contributed by atoms with Crippen LogP contribution in [0.3, 0.4) is 0 Å². The molecule has 2 rings (SSSR count). The molecular weight excluding hydrogens is 727 g/mol. The number of nitrogens with zero attached hydrogens (tertiary/aromatic N) is 1. The van der Waals surface area contributed by atoms with E-state index in [2.05, 4.69) is 0 Å². The maximum atomic E-state index is 12.4. The van der Waals surface area contributed by atoms with Crippen LogP contribution in [-0.2, 0) is 9.47 Å². The summed E-state index contributed by atoms with van der Waals surface area (Å²) in [5.74, 6) is -2.84. The van der Waals surface area contributed by atoms with Crippen LogP contribution >= 0.6 is 67.8 Å². The molecule has 0 aromatic heterocycles. The zero-order chi connectivity index (χ0) is 22.0. The van der Waals surface area contributed by atoms with Crippen molar-refractivity contribution in [3.05, 3.63) is 55.7 Å². The van der Waals surface area contributed by atoms with Gasteiger partial charge < -0.3 is 14.6 Å². The third kappa shape index (κ3) is 4.47. The molecule has 0 bridgehead atoms. The van der Waals surface area contributed by atoms with Gasteiger partial charge in [0.1, 0.15) is 5.56 Å². The Balaban J connectivity index is 2.98. The number of ether oxygens (including phenoxy) is 2. The van der Waals surface area contributed by atoms with Gasteiger partial charge in [-0.05, 0) is 79.4 Å². The molecule has 1 N–H and O–H groups in total. The van der Waals surface area contributed by atoms with Crippen molar-refractivity contribution in [2.24, 2.45) is 0 Å². The molecule has 0 saturated heterocycles. The number of nitro groups is 1. The first kappa shape index (κ1) is 23.7. The highest BCUT2D eigenvalue weighted by Crippen LogP contribution is 2.40. The van der Waals surface area contributed by atoms with Gasteiger partial charge >= 0.3 is 17.9 Å². The second kappa shape index (κ2) is 9.50. The largest absolute Gasteiger partial charge is 0.477 e. The minimum Gasteiger partial charge on any atom is -0.477 e. The summed E-state index contributed by atoms with van der Waals surface area (Å²) in [6, 6.07) is 3.58. The van der Waals surface area contributed by atoms with E-state index in [1.165, 1.54) is 20.3 Å². The fourth-order valence-corrected chi connectivity index (χ4v) is 7.17. The first-order valence-electron chi connectivity index (χ1n) is 7.45. The SMILES string of the molecule is COC(=O)c1c(I)c(C(=O)OC)c(I)c(-c2ccc(C(=O)O)c([N+](=O)[O-])c2)c1I. The summed E-state index contributed by atoms with van der Waals surface area (Å²) >= 11 is 5.62. The van der Waals surface area contributed by atoms with E-state index in [0.717, 1.165) is 12.1 Å². The number of rotatable bonds is 5. The number of carboxylic acids is 1. The van der Waals surface area contributed by atoms with Gasteiger partial charge in [0, 0.05) is 22.3 Å². The predicted molar refractivity (Wildman–Crippen MR) is 126 cm³/mol. The van der Waals surface area contributed by atoms with E-state index >= 15 is 0 Å². The van der Waals surface area contributed by atoms with E-state index in [-0.39, 0.29) is 16.7 Å². The number of esters is 2. The minimum absolute atomic E-state index is 0.106. The van der Waals surface area contributed by atoms with Crippen LogP contribution in [0.25, 0.3) is 11.1 Å². The number of carbonyl (C=O) groups is 3. The average Bonchev–Trinajstić information content (AvgIpc) is 2.67. The Kier molecular flexibility index (Phi) is 7.77. The third-order valence-corrected chi connectivity index (χ3v) is 7.05. The molecule has 0 aliphatic heterocycles. The maximum absolute atomic E-state index is 12.4. The summed E-state index contributed by atoms with van der Waals surface area (Å²) in [7, 11) is 2.38. The number of carboxylic acid groups (broad SMARTS) is 1. The molecule has 152 valence electrons. The Morgan fingerprint density at radius 3 is 1.83 bits per heavy atom. The van der Waals surface area contributed by atoms with Crippen molar-refractivity contribution in [2.45, 2.75) is 0 Å². The van der Waals surface area contributed by atoms with Gasteiger partial charge in [-0.3, -0.25) is 10.1 Å². The zero-order valence-corrected chi connectivity index (χ0v) is 21.1. The fourth-order valence-electron chi connectivity index (χ4n) is 2.50. The molecule has 0 heterocycles. The van der Waals surface area contributed by atoms with Crippen molar-refractivity contribution < 1.29 is 33.9 Å². The van der Waals surface area contributed by atoms with Gasteiger partial charge in [-0.25, -0.2) is 14.4 Å². The summed E-state index contributed by atoms with van der Waals surface area (Å²) in [5, 5.41) is 20.6. The van der Waals surface area contributed by atoms with Gasteiger partial charge in [0.2, 0.25) is 0 Å². The van der Waals surface area contributed by atoms with E-state index in [9.17, 15) is 29.6 Å². The van der Waals surface area contributed by atoms with Crippen LogP contribution in [0.5, 0.6) is 0 Å². The highest BCUT2D eigenvalue weighted by Gasteiger charge is 2.30. The monoisotopic (exact) mass is 737 g/mol. The summed E-state index contributed by atoms with van der Waals surface area (Å²) in [6.45, 7) is 0. The Bertz CT molecular complexity index is 1020. The molecule has 12 heteroatoms.